The molecule has 0 aliphatic heterocycles. The highest BCUT2D eigenvalue weighted by atomic mass is 79.9. The summed E-state index contributed by atoms with van der Waals surface area (Å²) in [4.78, 5) is 0. The van der Waals surface area contributed by atoms with Gasteiger partial charge in [0.25, 0.3) is 0 Å². The Labute approximate surface area is 137 Å². The molecule has 0 nitrogen and oxygen atoms in total. The van der Waals surface area contributed by atoms with E-state index in [1.807, 2.05) is 24.3 Å². The van der Waals surface area contributed by atoms with Crippen LogP contribution in [0.15, 0.2) is 42.5 Å². The third-order valence-electron chi connectivity index (χ3n) is 3.24. The van der Waals surface area contributed by atoms with Gasteiger partial charge in [-0.05, 0) is 42.5 Å². The first-order chi connectivity index (χ1) is 9.61. The average molecular weight is 376 g/mol. The van der Waals surface area contributed by atoms with E-state index in [0.717, 1.165) is 22.3 Å². The van der Waals surface area contributed by atoms with Gasteiger partial charge >= 0.3 is 0 Å². The summed E-state index contributed by atoms with van der Waals surface area (Å²) >= 11 is 15.8. The van der Waals surface area contributed by atoms with Crippen molar-refractivity contribution in [3.8, 4) is 0 Å². The van der Waals surface area contributed by atoms with E-state index in [1.54, 1.807) is 12.1 Å². The van der Waals surface area contributed by atoms with Crippen molar-refractivity contribution in [2.24, 2.45) is 5.92 Å². The van der Waals surface area contributed by atoms with E-state index in [2.05, 4.69) is 15.9 Å². The van der Waals surface area contributed by atoms with Gasteiger partial charge < -0.3 is 0 Å². The molecule has 0 N–H and O–H groups in total. The largest absolute Gasteiger partial charge is 0.207 e. The number of hydrogen-bond donors (Lipinski definition) is 0. The van der Waals surface area contributed by atoms with Gasteiger partial charge in [-0.2, -0.15) is 0 Å². The molecule has 4 heteroatoms. The van der Waals surface area contributed by atoms with Crippen LogP contribution in [-0.4, -0.2) is 5.33 Å². The molecule has 0 spiro atoms. The Hall–Kier alpha value is -0.570. The molecule has 0 aromatic heterocycles. The molecule has 2 rings (SSSR count). The van der Waals surface area contributed by atoms with E-state index in [-0.39, 0.29) is 11.7 Å². The molecular formula is C16H14BrCl2F. The topological polar surface area (TPSA) is 0 Å². The summed E-state index contributed by atoms with van der Waals surface area (Å²) in [6.07, 6.45) is 1.37. The van der Waals surface area contributed by atoms with Crippen molar-refractivity contribution in [3.63, 3.8) is 0 Å². The molecule has 0 amide bonds. The van der Waals surface area contributed by atoms with Crippen molar-refractivity contribution in [3.05, 3.63) is 69.5 Å². The molecular weight excluding hydrogens is 362 g/mol. The Balaban J connectivity index is 2.16. The third kappa shape index (κ3) is 3.97. The van der Waals surface area contributed by atoms with Gasteiger partial charge in [-0.1, -0.05) is 63.4 Å². The summed E-state index contributed by atoms with van der Waals surface area (Å²) < 4.78 is 13.8. The van der Waals surface area contributed by atoms with Crippen LogP contribution in [0, 0.1) is 11.7 Å². The highest BCUT2D eigenvalue weighted by Gasteiger charge is 2.15. The Morgan fingerprint density at radius 2 is 1.65 bits per heavy atom. The maximum Gasteiger partial charge on any atom is 0.127 e. The van der Waals surface area contributed by atoms with Crippen molar-refractivity contribution >= 4 is 39.1 Å². The fourth-order valence-electron chi connectivity index (χ4n) is 2.17. The van der Waals surface area contributed by atoms with Gasteiger partial charge in [0, 0.05) is 20.9 Å². The lowest BCUT2D eigenvalue weighted by atomic mass is 9.94. The van der Waals surface area contributed by atoms with Crippen molar-refractivity contribution in [2.45, 2.75) is 12.8 Å². The van der Waals surface area contributed by atoms with E-state index in [0.29, 0.717) is 17.0 Å². The van der Waals surface area contributed by atoms with Crippen LogP contribution in [0.2, 0.25) is 10.0 Å². The number of alkyl halides is 1. The molecule has 0 fully saturated rings. The molecule has 0 radical (unpaired) electrons. The van der Waals surface area contributed by atoms with Gasteiger partial charge in [-0.3, -0.25) is 0 Å². The minimum atomic E-state index is -0.248. The van der Waals surface area contributed by atoms with E-state index >= 15 is 0 Å². The van der Waals surface area contributed by atoms with Crippen LogP contribution >= 0.6 is 39.1 Å². The lowest BCUT2D eigenvalue weighted by Gasteiger charge is -2.16. The van der Waals surface area contributed by atoms with Crippen LogP contribution in [0.1, 0.15) is 11.1 Å². The number of hydrogen-bond acceptors (Lipinski definition) is 0. The molecule has 2 aromatic rings. The first kappa shape index (κ1) is 15.8. The maximum atomic E-state index is 13.8. The average Bonchev–Trinajstić information content (AvgIpc) is 2.44. The SMILES string of the molecule is Fc1cccc(Cl)c1CC(CBr)Cc1ccccc1Cl. The molecule has 1 atom stereocenters. The molecule has 0 heterocycles. The van der Waals surface area contributed by atoms with E-state index < -0.39 is 0 Å². The Bertz CT molecular complexity index is 566. The predicted octanol–water partition coefficient (Wildman–Crippen LogP) is 5.93. The van der Waals surface area contributed by atoms with Crippen LogP contribution in [-0.2, 0) is 12.8 Å². The van der Waals surface area contributed by atoms with Crippen molar-refractivity contribution in [2.75, 3.05) is 5.33 Å². The zero-order valence-electron chi connectivity index (χ0n) is 10.8. The Morgan fingerprint density at radius 1 is 0.950 bits per heavy atom. The zero-order valence-corrected chi connectivity index (χ0v) is 13.8. The normalized spacial score (nSPS) is 12.4. The van der Waals surface area contributed by atoms with Gasteiger partial charge in [0.2, 0.25) is 0 Å². The fraction of sp³-hybridized carbons (Fsp3) is 0.250. The van der Waals surface area contributed by atoms with Gasteiger partial charge in [0.1, 0.15) is 5.82 Å². The van der Waals surface area contributed by atoms with E-state index in [1.165, 1.54) is 6.07 Å². The van der Waals surface area contributed by atoms with Gasteiger partial charge in [0.05, 0.1) is 0 Å². The number of benzene rings is 2. The molecule has 0 saturated carbocycles. The Morgan fingerprint density at radius 3 is 2.30 bits per heavy atom. The van der Waals surface area contributed by atoms with E-state index in [4.69, 9.17) is 23.2 Å². The quantitative estimate of drug-likeness (QED) is 0.568. The minimum Gasteiger partial charge on any atom is -0.207 e. The summed E-state index contributed by atoms with van der Waals surface area (Å²) in [5.41, 5.74) is 1.65. The standard InChI is InChI=1S/C16H14BrCl2F/c17-10-11(8-12-4-1-2-5-14(12)18)9-13-15(19)6-3-7-16(13)20/h1-7,11H,8-10H2. The fourth-order valence-corrected chi connectivity index (χ4v) is 3.08. The second-order valence-electron chi connectivity index (χ2n) is 4.72. The van der Waals surface area contributed by atoms with Gasteiger partial charge in [0.15, 0.2) is 0 Å². The van der Waals surface area contributed by atoms with Crippen molar-refractivity contribution in [1.82, 2.24) is 0 Å². The lowest BCUT2D eigenvalue weighted by Crippen LogP contribution is -2.11. The molecule has 2 aromatic carbocycles. The molecule has 0 aliphatic rings. The molecule has 106 valence electrons. The predicted molar refractivity (Wildman–Crippen MR) is 87.6 cm³/mol. The molecule has 0 bridgehead atoms. The summed E-state index contributed by atoms with van der Waals surface area (Å²) in [6, 6.07) is 12.5. The lowest BCUT2D eigenvalue weighted by molar-refractivity contribution is 0.550. The highest BCUT2D eigenvalue weighted by molar-refractivity contribution is 9.09. The first-order valence-electron chi connectivity index (χ1n) is 6.34. The summed E-state index contributed by atoms with van der Waals surface area (Å²) in [5.74, 6) is -0.00749. The maximum absolute atomic E-state index is 13.8. The summed E-state index contributed by atoms with van der Waals surface area (Å²) in [5, 5.41) is 2.00. The monoisotopic (exact) mass is 374 g/mol. The Kier molecular flexibility index (Phi) is 5.88. The number of rotatable bonds is 5. The molecule has 1 unspecified atom stereocenters. The van der Waals surface area contributed by atoms with Crippen LogP contribution in [0.25, 0.3) is 0 Å². The smallest absolute Gasteiger partial charge is 0.127 e. The van der Waals surface area contributed by atoms with Crippen molar-refractivity contribution < 1.29 is 4.39 Å². The summed E-state index contributed by atoms with van der Waals surface area (Å²) in [7, 11) is 0. The number of halogens is 4. The van der Waals surface area contributed by atoms with Crippen LogP contribution in [0.5, 0.6) is 0 Å². The molecule has 20 heavy (non-hydrogen) atoms. The van der Waals surface area contributed by atoms with Crippen molar-refractivity contribution in [1.29, 1.82) is 0 Å². The highest BCUT2D eigenvalue weighted by Crippen LogP contribution is 2.26. The zero-order chi connectivity index (χ0) is 14.5. The third-order valence-corrected chi connectivity index (χ3v) is 4.88. The van der Waals surface area contributed by atoms with Crippen LogP contribution in [0.4, 0.5) is 4.39 Å². The molecule has 0 aliphatic carbocycles. The van der Waals surface area contributed by atoms with Crippen LogP contribution < -0.4 is 0 Å². The minimum absolute atomic E-state index is 0.240. The second kappa shape index (κ2) is 7.44. The first-order valence-corrected chi connectivity index (χ1v) is 8.21. The van der Waals surface area contributed by atoms with Gasteiger partial charge in [-0.25, -0.2) is 4.39 Å². The molecule has 0 saturated heterocycles. The second-order valence-corrected chi connectivity index (χ2v) is 6.18. The summed E-state index contributed by atoms with van der Waals surface area (Å²) in [6.45, 7) is 0. The van der Waals surface area contributed by atoms with Gasteiger partial charge in [-0.15, -0.1) is 0 Å². The van der Waals surface area contributed by atoms with Crippen LogP contribution in [0.3, 0.4) is 0 Å². The van der Waals surface area contributed by atoms with E-state index in [9.17, 15) is 4.39 Å².